The molecule has 0 N–H and O–H groups in total. The maximum atomic E-state index is 9.45. The fraction of sp³-hybridized carbons (Fsp3) is 0.600. The van der Waals surface area contributed by atoms with Gasteiger partial charge in [-0.25, -0.2) is 0 Å². The third-order valence-electron chi connectivity index (χ3n) is 0.316. The van der Waals surface area contributed by atoms with Gasteiger partial charge >= 0.3 is 0 Å². The lowest BCUT2D eigenvalue weighted by molar-refractivity contribution is -0.116. The van der Waals surface area contributed by atoms with E-state index in [1.807, 2.05) is 0 Å². The molecule has 3 nitrogen and oxygen atoms in total. The molecule has 0 atom stereocenters. The zero-order valence-electron chi connectivity index (χ0n) is 5.80. The summed E-state index contributed by atoms with van der Waals surface area (Å²) in [5, 5.41) is -0.508. The zero-order valence-corrected chi connectivity index (χ0v) is 7.32. The van der Waals surface area contributed by atoms with Crippen LogP contribution >= 0.6 is 23.2 Å². The van der Waals surface area contributed by atoms with Crippen LogP contribution in [-0.4, -0.2) is 36.5 Å². The highest BCUT2D eigenvalue weighted by Gasteiger charge is 1.83. The SMILES string of the molecule is CN(C)C=O.O=C(Cl)CCl. The van der Waals surface area contributed by atoms with Crippen LogP contribution < -0.4 is 0 Å². The Morgan fingerprint density at radius 2 is 1.80 bits per heavy atom. The molecule has 0 aliphatic carbocycles. The first-order chi connectivity index (χ1) is 4.54. The number of nitrogens with zero attached hydrogens (tertiary/aromatic N) is 1. The summed E-state index contributed by atoms with van der Waals surface area (Å²) in [6, 6.07) is 0. The van der Waals surface area contributed by atoms with Crippen LogP contribution in [0.2, 0.25) is 0 Å². The van der Waals surface area contributed by atoms with Gasteiger partial charge in [-0.3, -0.25) is 9.59 Å². The summed E-state index contributed by atoms with van der Waals surface area (Å²) in [6.07, 6.45) is 0.750. The number of halogens is 2. The van der Waals surface area contributed by atoms with Crippen LogP contribution in [-0.2, 0) is 9.59 Å². The second kappa shape index (κ2) is 8.72. The standard InChI is InChI=1S/C3H7NO.C2H2Cl2O/c1-4(2)3-5;3-1-2(4)5/h3H,1-2H3;1H2. The van der Waals surface area contributed by atoms with E-state index in [9.17, 15) is 9.59 Å². The van der Waals surface area contributed by atoms with Crippen molar-refractivity contribution in [2.75, 3.05) is 20.0 Å². The number of amides is 1. The molecule has 0 aromatic heterocycles. The highest BCUT2D eigenvalue weighted by molar-refractivity contribution is 6.67. The third-order valence-corrected chi connectivity index (χ3v) is 0.829. The Balaban J connectivity index is 0. The Hall–Kier alpha value is -0.280. The summed E-state index contributed by atoms with van der Waals surface area (Å²) in [7, 11) is 3.38. The van der Waals surface area contributed by atoms with E-state index in [1.165, 1.54) is 4.90 Å². The van der Waals surface area contributed by atoms with Gasteiger partial charge in [0.1, 0.15) is 0 Å². The number of hydrogen-bond acceptors (Lipinski definition) is 2. The van der Waals surface area contributed by atoms with Gasteiger partial charge in [-0.2, -0.15) is 0 Å². The van der Waals surface area contributed by atoms with E-state index in [1.54, 1.807) is 14.1 Å². The summed E-state index contributed by atoms with van der Waals surface area (Å²) in [6.45, 7) is 0. The fourth-order valence-electron chi connectivity index (χ4n) is 0. The summed E-state index contributed by atoms with van der Waals surface area (Å²) < 4.78 is 0. The molecular formula is C5H9Cl2NO2. The number of alkyl halides is 1. The zero-order chi connectivity index (χ0) is 8.57. The van der Waals surface area contributed by atoms with Crippen molar-refractivity contribution in [1.82, 2.24) is 4.90 Å². The van der Waals surface area contributed by atoms with Gasteiger partial charge in [0.05, 0.1) is 5.88 Å². The molecule has 0 aliphatic rings. The maximum absolute atomic E-state index is 9.45. The first kappa shape index (κ1) is 12.4. The van der Waals surface area contributed by atoms with Crippen LogP contribution in [0.25, 0.3) is 0 Å². The molecule has 0 unspecified atom stereocenters. The molecule has 0 aromatic rings. The lowest BCUT2D eigenvalue weighted by Gasteiger charge is -1.93. The van der Waals surface area contributed by atoms with Crippen LogP contribution in [0, 0.1) is 0 Å². The minimum absolute atomic E-state index is 0.0957. The number of carbonyl (C=O) groups excluding carboxylic acids is 2. The third kappa shape index (κ3) is 25.2. The largest absolute Gasteiger partial charge is 0.351 e. The molecule has 10 heavy (non-hydrogen) atoms. The first-order valence-corrected chi connectivity index (χ1v) is 3.31. The van der Waals surface area contributed by atoms with Gasteiger partial charge in [0.2, 0.25) is 11.7 Å². The second-order valence-electron chi connectivity index (χ2n) is 1.56. The highest BCUT2D eigenvalue weighted by atomic mass is 35.5. The lowest BCUT2D eigenvalue weighted by Crippen LogP contribution is -2.06. The Morgan fingerprint density at radius 1 is 1.60 bits per heavy atom. The van der Waals surface area contributed by atoms with Gasteiger partial charge in [-0.1, -0.05) is 0 Å². The van der Waals surface area contributed by atoms with E-state index >= 15 is 0 Å². The molecule has 0 rings (SSSR count). The molecular weight excluding hydrogens is 177 g/mol. The van der Waals surface area contributed by atoms with Gasteiger partial charge in [-0.15, -0.1) is 11.6 Å². The van der Waals surface area contributed by atoms with Crippen LogP contribution in [0.15, 0.2) is 0 Å². The Morgan fingerprint density at radius 3 is 1.80 bits per heavy atom. The van der Waals surface area contributed by atoms with Gasteiger partial charge in [0.25, 0.3) is 0 Å². The molecule has 5 heteroatoms. The van der Waals surface area contributed by atoms with Crippen LogP contribution in [0.5, 0.6) is 0 Å². The number of hydrogen-bond donors (Lipinski definition) is 0. The minimum atomic E-state index is -0.508. The van der Waals surface area contributed by atoms with Crippen molar-refractivity contribution in [1.29, 1.82) is 0 Å². The van der Waals surface area contributed by atoms with E-state index < -0.39 is 5.24 Å². The van der Waals surface area contributed by atoms with Crippen molar-refractivity contribution in [3.63, 3.8) is 0 Å². The normalized spacial score (nSPS) is 7.20. The molecule has 0 saturated carbocycles. The molecule has 0 fully saturated rings. The van der Waals surface area contributed by atoms with E-state index in [-0.39, 0.29) is 5.88 Å². The quantitative estimate of drug-likeness (QED) is 0.361. The molecule has 1 amide bonds. The highest BCUT2D eigenvalue weighted by Crippen LogP contribution is 1.80. The van der Waals surface area contributed by atoms with Gasteiger partial charge in [-0.05, 0) is 11.6 Å². The minimum Gasteiger partial charge on any atom is -0.351 e. The van der Waals surface area contributed by atoms with Crippen LogP contribution in [0.4, 0.5) is 0 Å². The maximum Gasteiger partial charge on any atom is 0.236 e. The molecule has 0 aromatic carbocycles. The molecule has 0 bridgehead atoms. The molecule has 60 valence electrons. The van der Waals surface area contributed by atoms with Crippen molar-refractivity contribution < 1.29 is 9.59 Å². The Labute approximate surface area is 69.9 Å². The van der Waals surface area contributed by atoms with Crippen molar-refractivity contribution in [2.45, 2.75) is 0 Å². The number of rotatable bonds is 2. The molecule has 0 aliphatic heterocycles. The average Bonchev–Trinajstić information content (AvgIpc) is 1.89. The Kier molecular flexibility index (Phi) is 10.8. The smallest absolute Gasteiger partial charge is 0.236 e. The molecule has 0 heterocycles. The van der Waals surface area contributed by atoms with Crippen LogP contribution in [0.3, 0.4) is 0 Å². The second-order valence-corrected chi connectivity index (χ2v) is 2.25. The molecule has 0 saturated heterocycles. The van der Waals surface area contributed by atoms with E-state index in [0.29, 0.717) is 0 Å². The summed E-state index contributed by atoms with van der Waals surface area (Å²) in [5.74, 6) is -0.0957. The molecule has 0 spiro atoms. The monoisotopic (exact) mass is 185 g/mol. The predicted molar refractivity (Wildman–Crippen MR) is 41.3 cm³/mol. The topological polar surface area (TPSA) is 37.4 Å². The van der Waals surface area contributed by atoms with Gasteiger partial charge in [0.15, 0.2) is 0 Å². The van der Waals surface area contributed by atoms with Crippen molar-refractivity contribution >= 4 is 34.9 Å². The predicted octanol–water partition coefficient (Wildman–Crippen LogP) is 0.695. The first-order valence-electron chi connectivity index (χ1n) is 2.40. The van der Waals surface area contributed by atoms with E-state index in [2.05, 4.69) is 0 Å². The summed E-state index contributed by atoms with van der Waals surface area (Å²) >= 11 is 9.55. The van der Waals surface area contributed by atoms with Gasteiger partial charge in [0, 0.05) is 14.1 Å². The lowest BCUT2D eigenvalue weighted by atomic mass is 10.9. The Bertz CT molecular complexity index is 106. The van der Waals surface area contributed by atoms with Crippen LogP contribution in [0.1, 0.15) is 0 Å². The van der Waals surface area contributed by atoms with Gasteiger partial charge < -0.3 is 4.90 Å². The average molecular weight is 186 g/mol. The van der Waals surface area contributed by atoms with Crippen molar-refractivity contribution in [3.8, 4) is 0 Å². The number of carbonyl (C=O) groups is 2. The summed E-state index contributed by atoms with van der Waals surface area (Å²) in [5.41, 5.74) is 0. The van der Waals surface area contributed by atoms with E-state index in [4.69, 9.17) is 23.2 Å². The molecule has 0 radical (unpaired) electrons. The van der Waals surface area contributed by atoms with Crippen molar-refractivity contribution in [2.24, 2.45) is 0 Å². The van der Waals surface area contributed by atoms with Crippen molar-refractivity contribution in [3.05, 3.63) is 0 Å². The van der Waals surface area contributed by atoms with E-state index in [0.717, 1.165) is 6.41 Å². The summed E-state index contributed by atoms with van der Waals surface area (Å²) in [4.78, 5) is 20.3. The fourth-order valence-corrected chi connectivity index (χ4v) is 0.